The summed E-state index contributed by atoms with van der Waals surface area (Å²) in [5.41, 5.74) is 2.31. The van der Waals surface area contributed by atoms with Crippen LogP contribution in [0.5, 0.6) is 5.75 Å². The Bertz CT molecular complexity index is 833. The third kappa shape index (κ3) is 4.95. The molecular formula is C21H24NO6S-. The standard InChI is InChI=1S/C21H25NO6S/c1-26-19-9-5-16(6-10-19)15-3-7-18(8-4-15)22(29(24)25)20(21(23)27-2)17-11-13-28-14-12-17/h3-10,17,20H,11-14H2,1-2H3,(H,24,25)/p-1. The summed E-state index contributed by atoms with van der Waals surface area (Å²) in [7, 11) is 2.88. The number of hydrogen-bond donors (Lipinski definition) is 0. The highest BCUT2D eigenvalue weighted by Gasteiger charge is 2.36. The van der Waals surface area contributed by atoms with Crippen molar-refractivity contribution >= 4 is 22.9 Å². The van der Waals surface area contributed by atoms with Crippen molar-refractivity contribution < 1.29 is 27.8 Å². The van der Waals surface area contributed by atoms with Crippen molar-refractivity contribution in [2.45, 2.75) is 18.9 Å². The van der Waals surface area contributed by atoms with Crippen LogP contribution in [-0.2, 0) is 25.5 Å². The van der Waals surface area contributed by atoms with Gasteiger partial charge in [0.05, 0.1) is 14.2 Å². The lowest BCUT2D eigenvalue weighted by atomic mass is 9.91. The molecule has 0 bridgehead atoms. The van der Waals surface area contributed by atoms with Crippen molar-refractivity contribution in [1.29, 1.82) is 0 Å². The van der Waals surface area contributed by atoms with E-state index in [2.05, 4.69) is 0 Å². The first-order valence-electron chi connectivity index (χ1n) is 9.34. The van der Waals surface area contributed by atoms with Gasteiger partial charge in [0.1, 0.15) is 11.8 Å². The minimum atomic E-state index is -2.64. The van der Waals surface area contributed by atoms with E-state index in [1.54, 1.807) is 19.2 Å². The Morgan fingerprint density at radius 3 is 2.10 bits per heavy atom. The number of carbonyl (C=O) groups is 1. The third-order valence-electron chi connectivity index (χ3n) is 5.11. The maximum absolute atomic E-state index is 12.5. The number of ether oxygens (including phenoxy) is 3. The fraction of sp³-hybridized carbons (Fsp3) is 0.381. The molecule has 1 aliphatic rings. The Labute approximate surface area is 173 Å². The number of anilines is 1. The molecule has 29 heavy (non-hydrogen) atoms. The summed E-state index contributed by atoms with van der Waals surface area (Å²) in [4.78, 5) is 12.5. The van der Waals surface area contributed by atoms with E-state index in [4.69, 9.17) is 14.2 Å². The number of methoxy groups -OCH3 is 2. The highest BCUT2D eigenvalue weighted by atomic mass is 32.2. The van der Waals surface area contributed by atoms with Gasteiger partial charge in [-0.2, -0.15) is 0 Å². The van der Waals surface area contributed by atoms with Gasteiger partial charge < -0.3 is 18.8 Å². The second-order valence-electron chi connectivity index (χ2n) is 6.74. The van der Waals surface area contributed by atoms with Gasteiger partial charge in [0.25, 0.3) is 0 Å². The van der Waals surface area contributed by atoms with Crippen LogP contribution in [0.15, 0.2) is 48.5 Å². The highest BCUT2D eigenvalue weighted by molar-refractivity contribution is 7.80. The van der Waals surface area contributed by atoms with Crippen molar-refractivity contribution in [3.05, 3.63) is 48.5 Å². The largest absolute Gasteiger partial charge is 0.755 e. The fourth-order valence-electron chi connectivity index (χ4n) is 3.56. The predicted molar refractivity (Wildman–Crippen MR) is 109 cm³/mol. The molecule has 2 aromatic carbocycles. The summed E-state index contributed by atoms with van der Waals surface area (Å²) in [6, 6.07) is 13.7. The minimum absolute atomic E-state index is 0.171. The fourth-order valence-corrected chi connectivity index (χ4v) is 4.29. The Kier molecular flexibility index (Phi) is 7.24. The van der Waals surface area contributed by atoms with E-state index in [0.29, 0.717) is 31.7 Å². The van der Waals surface area contributed by atoms with Crippen LogP contribution in [-0.4, -0.2) is 48.2 Å². The summed E-state index contributed by atoms with van der Waals surface area (Å²) in [6.07, 6.45) is 1.19. The first kappa shape index (κ1) is 21.3. The number of esters is 1. The van der Waals surface area contributed by atoms with E-state index in [0.717, 1.165) is 21.2 Å². The van der Waals surface area contributed by atoms with E-state index in [1.165, 1.54) is 7.11 Å². The van der Waals surface area contributed by atoms with Gasteiger partial charge in [0.15, 0.2) is 0 Å². The van der Waals surface area contributed by atoms with Gasteiger partial charge in [-0.05, 0) is 54.2 Å². The summed E-state index contributed by atoms with van der Waals surface area (Å²) in [5, 5.41) is 0. The maximum Gasteiger partial charge on any atom is 0.329 e. The molecule has 7 nitrogen and oxygen atoms in total. The second-order valence-corrected chi connectivity index (χ2v) is 7.56. The average molecular weight is 418 g/mol. The van der Waals surface area contributed by atoms with E-state index < -0.39 is 23.3 Å². The third-order valence-corrected chi connectivity index (χ3v) is 5.87. The van der Waals surface area contributed by atoms with Crippen LogP contribution in [0.4, 0.5) is 5.69 Å². The molecule has 1 fully saturated rings. The van der Waals surface area contributed by atoms with Gasteiger partial charge in [-0.25, -0.2) is 4.79 Å². The van der Waals surface area contributed by atoms with E-state index >= 15 is 0 Å². The number of rotatable bonds is 7. The zero-order valence-corrected chi connectivity index (χ0v) is 17.2. The zero-order valence-electron chi connectivity index (χ0n) is 16.4. The molecule has 1 heterocycles. The van der Waals surface area contributed by atoms with E-state index in [9.17, 15) is 13.6 Å². The molecule has 0 spiro atoms. The molecular weight excluding hydrogens is 394 g/mol. The number of carbonyl (C=O) groups excluding carboxylic acids is 1. The molecule has 156 valence electrons. The van der Waals surface area contributed by atoms with Gasteiger partial charge in [0, 0.05) is 30.2 Å². The van der Waals surface area contributed by atoms with Gasteiger partial charge in [0.2, 0.25) is 0 Å². The topological polar surface area (TPSA) is 88.1 Å². The van der Waals surface area contributed by atoms with Crippen molar-refractivity contribution in [3.63, 3.8) is 0 Å². The van der Waals surface area contributed by atoms with E-state index in [-0.39, 0.29) is 5.92 Å². The van der Waals surface area contributed by atoms with Gasteiger partial charge >= 0.3 is 5.97 Å². The zero-order chi connectivity index (χ0) is 20.8. The lowest BCUT2D eigenvalue weighted by molar-refractivity contribution is -0.144. The van der Waals surface area contributed by atoms with Crippen molar-refractivity contribution in [2.75, 3.05) is 31.7 Å². The monoisotopic (exact) mass is 418 g/mol. The lowest BCUT2D eigenvalue weighted by Gasteiger charge is -2.38. The van der Waals surface area contributed by atoms with Crippen LogP contribution in [0.3, 0.4) is 0 Å². The van der Waals surface area contributed by atoms with Crippen molar-refractivity contribution in [1.82, 2.24) is 0 Å². The molecule has 8 heteroatoms. The Hall–Kier alpha value is -2.42. The number of nitrogens with zero attached hydrogens (tertiary/aromatic N) is 1. The van der Waals surface area contributed by atoms with Crippen molar-refractivity contribution in [2.24, 2.45) is 5.92 Å². The number of hydrogen-bond acceptors (Lipinski definition) is 6. The average Bonchev–Trinajstić information content (AvgIpc) is 2.77. The molecule has 1 aliphatic heterocycles. The van der Waals surface area contributed by atoms with Crippen molar-refractivity contribution in [3.8, 4) is 16.9 Å². The Morgan fingerprint density at radius 2 is 1.62 bits per heavy atom. The molecule has 3 rings (SSSR count). The van der Waals surface area contributed by atoms with Crippen LogP contribution in [0.2, 0.25) is 0 Å². The normalized spacial score (nSPS) is 16.7. The smallest absolute Gasteiger partial charge is 0.329 e. The molecule has 1 saturated heterocycles. The molecule has 0 saturated carbocycles. The van der Waals surface area contributed by atoms with Gasteiger partial charge in [-0.15, -0.1) is 0 Å². The van der Waals surface area contributed by atoms with Crippen LogP contribution in [0.25, 0.3) is 11.1 Å². The molecule has 2 atom stereocenters. The molecule has 0 aromatic heterocycles. The van der Waals surface area contributed by atoms with Crippen LogP contribution in [0, 0.1) is 5.92 Å². The molecule has 2 unspecified atom stereocenters. The van der Waals surface area contributed by atoms with Crippen LogP contribution < -0.4 is 9.04 Å². The van der Waals surface area contributed by atoms with Gasteiger partial charge in [-0.3, -0.25) is 8.51 Å². The summed E-state index contributed by atoms with van der Waals surface area (Å²) < 4.78 is 40.8. The lowest BCUT2D eigenvalue weighted by Crippen LogP contribution is -2.49. The van der Waals surface area contributed by atoms with Crippen LogP contribution >= 0.6 is 0 Å². The minimum Gasteiger partial charge on any atom is -0.755 e. The first-order valence-corrected chi connectivity index (χ1v) is 10.4. The molecule has 0 aliphatic carbocycles. The SMILES string of the molecule is COC(=O)C(C1CCOCC1)N(c1ccc(-c2ccc(OC)cc2)cc1)S(=O)[O-]. The summed E-state index contributed by atoms with van der Waals surface area (Å²) in [6.45, 7) is 0.988. The number of benzene rings is 2. The quantitative estimate of drug-likeness (QED) is 0.507. The molecule has 0 amide bonds. The Morgan fingerprint density at radius 1 is 1.07 bits per heavy atom. The molecule has 2 aromatic rings. The Balaban J connectivity index is 1.90. The maximum atomic E-state index is 12.5. The van der Waals surface area contributed by atoms with Gasteiger partial charge in [-0.1, -0.05) is 24.3 Å². The molecule has 0 N–H and O–H groups in total. The van der Waals surface area contributed by atoms with E-state index in [1.807, 2.05) is 36.4 Å². The predicted octanol–water partition coefficient (Wildman–Crippen LogP) is 2.93. The first-order chi connectivity index (χ1) is 14.0. The summed E-state index contributed by atoms with van der Waals surface area (Å²) >= 11 is -2.64. The molecule has 0 radical (unpaired) electrons. The second kappa shape index (κ2) is 9.87. The summed E-state index contributed by atoms with van der Waals surface area (Å²) in [5.74, 6) is 0.0198. The van der Waals surface area contributed by atoms with Crippen LogP contribution in [0.1, 0.15) is 12.8 Å². The highest BCUT2D eigenvalue weighted by Crippen LogP contribution is 2.31.